The average molecular weight is 212 g/mol. The van der Waals surface area contributed by atoms with Gasteiger partial charge in [-0.2, -0.15) is 0 Å². The second-order valence-electron chi connectivity index (χ2n) is 5.45. The zero-order chi connectivity index (χ0) is 11.3. The van der Waals surface area contributed by atoms with Crippen LogP contribution in [0.4, 0.5) is 0 Å². The molecule has 2 heteroatoms. The van der Waals surface area contributed by atoms with E-state index in [2.05, 4.69) is 37.9 Å². The van der Waals surface area contributed by atoms with Gasteiger partial charge in [-0.05, 0) is 38.1 Å². The highest BCUT2D eigenvalue weighted by atomic mass is 15.2. The Kier molecular flexibility index (Phi) is 5.62. The maximum absolute atomic E-state index is 3.52. The van der Waals surface area contributed by atoms with Gasteiger partial charge >= 0.3 is 0 Å². The SMILES string of the molecule is CCCNCC(C)N1CC(C)CC(C)C1. The predicted octanol–water partition coefficient (Wildman–Crippen LogP) is 2.35. The zero-order valence-electron chi connectivity index (χ0n) is 10.9. The second-order valence-corrected chi connectivity index (χ2v) is 5.45. The molecule has 1 aliphatic heterocycles. The number of rotatable bonds is 5. The van der Waals surface area contributed by atoms with Crippen LogP contribution in [0.1, 0.15) is 40.5 Å². The Bertz CT molecular complexity index is 160. The maximum atomic E-state index is 3.52. The quantitative estimate of drug-likeness (QED) is 0.704. The molecule has 3 atom stereocenters. The fourth-order valence-electron chi connectivity index (χ4n) is 2.69. The van der Waals surface area contributed by atoms with Gasteiger partial charge in [0.2, 0.25) is 0 Å². The minimum absolute atomic E-state index is 0.696. The summed E-state index contributed by atoms with van der Waals surface area (Å²) in [5, 5.41) is 3.52. The monoisotopic (exact) mass is 212 g/mol. The summed E-state index contributed by atoms with van der Waals surface area (Å²) >= 11 is 0. The highest BCUT2D eigenvalue weighted by Gasteiger charge is 2.24. The Balaban J connectivity index is 2.28. The van der Waals surface area contributed by atoms with Crippen LogP contribution in [0, 0.1) is 11.8 Å². The standard InChI is InChI=1S/C13H28N2/c1-5-6-14-8-13(4)15-9-11(2)7-12(3)10-15/h11-14H,5-10H2,1-4H3. The summed E-state index contributed by atoms with van der Waals surface area (Å²) < 4.78 is 0. The number of hydrogen-bond donors (Lipinski definition) is 1. The Labute approximate surface area is 95.4 Å². The minimum Gasteiger partial charge on any atom is -0.315 e. The van der Waals surface area contributed by atoms with Gasteiger partial charge in [-0.3, -0.25) is 4.90 Å². The summed E-state index contributed by atoms with van der Waals surface area (Å²) in [5.41, 5.74) is 0. The van der Waals surface area contributed by atoms with Crippen LogP contribution in [0.2, 0.25) is 0 Å². The van der Waals surface area contributed by atoms with Crippen LogP contribution >= 0.6 is 0 Å². The van der Waals surface area contributed by atoms with Crippen LogP contribution in [0.25, 0.3) is 0 Å². The molecule has 0 aromatic rings. The van der Waals surface area contributed by atoms with E-state index in [1.165, 1.54) is 25.9 Å². The molecule has 0 saturated carbocycles. The van der Waals surface area contributed by atoms with E-state index in [4.69, 9.17) is 0 Å². The molecule has 0 amide bonds. The van der Waals surface area contributed by atoms with Crippen LogP contribution in [0.15, 0.2) is 0 Å². The Morgan fingerprint density at radius 1 is 1.27 bits per heavy atom. The molecule has 15 heavy (non-hydrogen) atoms. The largest absolute Gasteiger partial charge is 0.315 e. The van der Waals surface area contributed by atoms with Crippen molar-refractivity contribution in [2.24, 2.45) is 11.8 Å². The van der Waals surface area contributed by atoms with Crippen molar-refractivity contribution in [2.75, 3.05) is 26.2 Å². The molecule has 0 aliphatic carbocycles. The first-order valence-electron chi connectivity index (χ1n) is 6.58. The van der Waals surface area contributed by atoms with Gasteiger partial charge in [-0.25, -0.2) is 0 Å². The van der Waals surface area contributed by atoms with Crippen LogP contribution in [0.3, 0.4) is 0 Å². The maximum Gasteiger partial charge on any atom is 0.0192 e. The lowest BCUT2D eigenvalue weighted by molar-refractivity contribution is 0.102. The third kappa shape index (κ3) is 4.52. The molecule has 0 bridgehead atoms. The van der Waals surface area contributed by atoms with E-state index in [0.29, 0.717) is 6.04 Å². The van der Waals surface area contributed by atoms with Crippen LogP contribution < -0.4 is 5.32 Å². The van der Waals surface area contributed by atoms with Crippen molar-refractivity contribution in [3.05, 3.63) is 0 Å². The van der Waals surface area contributed by atoms with Gasteiger partial charge in [0.1, 0.15) is 0 Å². The molecule has 1 rings (SSSR count). The van der Waals surface area contributed by atoms with Crippen LogP contribution in [-0.2, 0) is 0 Å². The minimum atomic E-state index is 0.696. The molecule has 1 heterocycles. The Hall–Kier alpha value is -0.0800. The molecule has 0 aromatic carbocycles. The van der Waals surface area contributed by atoms with Crippen molar-refractivity contribution in [2.45, 2.75) is 46.6 Å². The van der Waals surface area contributed by atoms with Gasteiger partial charge in [-0.1, -0.05) is 20.8 Å². The summed E-state index contributed by atoms with van der Waals surface area (Å²) in [6, 6.07) is 0.696. The topological polar surface area (TPSA) is 15.3 Å². The first-order chi connectivity index (χ1) is 7.13. The molecule has 3 unspecified atom stereocenters. The van der Waals surface area contributed by atoms with Crippen molar-refractivity contribution >= 4 is 0 Å². The van der Waals surface area contributed by atoms with Crippen molar-refractivity contribution in [3.63, 3.8) is 0 Å². The third-order valence-corrected chi connectivity index (χ3v) is 3.39. The van der Waals surface area contributed by atoms with Crippen molar-refractivity contribution in [3.8, 4) is 0 Å². The molecule has 0 spiro atoms. The summed E-state index contributed by atoms with van der Waals surface area (Å²) in [7, 11) is 0. The number of likely N-dealkylation sites (tertiary alicyclic amines) is 1. The van der Waals surface area contributed by atoms with E-state index in [0.717, 1.165) is 24.9 Å². The van der Waals surface area contributed by atoms with Crippen molar-refractivity contribution < 1.29 is 0 Å². The van der Waals surface area contributed by atoms with E-state index in [9.17, 15) is 0 Å². The lowest BCUT2D eigenvalue weighted by Crippen LogP contribution is -2.47. The number of nitrogens with zero attached hydrogens (tertiary/aromatic N) is 1. The zero-order valence-corrected chi connectivity index (χ0v) is 10.9. The average Bonchev–Trinajstić information content (AvgIpc) is 2.16. The molecular weight excluding hydrogens is 184 g/mol. The fraction of sp³-hybridized carbons (Fsp3) is 1.00. The van der Waals surface area contributed by atoms with Crippen molar-refractivity contribution in [1.82, 2.24) is 10.2 Å². The van der Waals surface area contributed by atoms with E-state index in [-0.39, 0.29) is 0 Å². The van der Waals surface area contributed by atoms with E-state index in [1.54, 1.807) is 0 Å². The molecule has 0 radical (unpaired) electrons. The summed E-state index contributed by atoms with van der Waals surface area (Å²) in [6.45, 7) is 14.2. The Morgan fingerprint density at radius 3 is 2.40 bits per heavy atom. The highest BCUT2D eigenvalue weighted by Crippen LogP contribution is 2.22. The van der Waals surface area contributed by atoms with Crippen LogP contribution in [-0.4, -0.2) is 37.1 Å². The number of piperidine rings is 1. The Morgan fingerprint density at radius 2 is 1.87 bits per heavy atom. The molecule has 1 aliphatic rings. The normalized spacial score (nSPS) is 30.4. The van der Waals surface area contributed by atoms with Gasteiger partial charge in [0, 0.05) is 25.7 Å². The lowest BCUT2D eigenvalue weighted by atomic mass is 9.91. The van der Waals surface area contributed by atoms with E-state index < -0.39 is 0 Å². The van der Waals surface area contributed by atoms with E-state index >= 15 is 0 Å². The molecule has 0 aromatic heterocycles. The van der Waals surface area contributed by atoms with Gasteiger partial charge in [0.05, 0.1) is 0 Å². The molecule has 1 N–H and O–H groups in total. The van der Waals surface area contributed by atoms with Crippen LogP contribution in [0.5, 0.6) is 0 Å². The lowest BCUT2D eigenvalue weighted by Gasteiger charge is -2.39. The third-order valence-electron chi connectivity index (χ3n) is 3.39. The molecule has 1 saturated heterocycles. The first-order valence-corrected chi connectivity index (χ1v) is 6.58. The van der Waals surface area contributed by atoms with Gasteiger partial charge in [-0.15, -0.1) is 0 Å². The first kappa shape index (κ1) is 13.0. The molecular formula is C13H28N2. The molecule has 2 nitrogen and oxygen atoms in total. The smallest absolute Gasteiger partial charge is 0.0192 e. The predicted molar refractivity (Wildman–Crippen MR) is 67.1 cm³/mol. The van der Waals surface area contributed by atoms with Gasteiger partial charge in [0.25, 0.3) is 0 Å². The summed E-state index contributed by atoms with van der Waals surface area (Å²) in [5.74, 6) is 1.75. The highest BCUT2D eigenvalue weighted by molar-refractivity contribution is 4.79. The van der Waals surface area contributed by atoms with Gasteiger partial charge < -0.3 is 5.32 Å². The fourth-order valence-corrected chi connectivity index (χ4v) is 2.69. The molecule has 90 valence electrons. The summed E-state index contributed by atoms with van der Waals surface area (Å²) in [4.78, 5) is 2.65. The second kappa shape index (κ2) is 6.49. The van der Waals surface area contributed by atoms with Crippen molar-refractivity contribution in [1.29, 1.82) is 0 Å². The summed E-state index contributed by atoms with van der Waals surface area (Å²) in [6.07, 6.45) is 2.64. The number of nitrogens with one attached hydrogen (secondary N) is 1. The van der Waals surface area contributed by atoms with E-state index in [1.807, 2.05) is 0 Å². The van der Waals surface area contributed by atoms with Gasteiger partial charge in [0.15, 0.2) is 0 Å². The number of hydrogen-bond acceptors (Lipinski definition) is 2. The molecule has 1 fully saturated rings.